The summed E-state index contributed by atoms with van der Waals surface area (Å²) in [6.07, 6.45) is 3.39. The highest BCUT2D eigenvalue weighted by Gasteiger charge is 2.22. The van der Waals surface area contributed by atoms with Gasteiger partial charge in [-0.15, -0.1) is 0 Å². The first-order valence-electron chi connectivity index (χ1n) is 5.71. The molecule has 1 aromatic carbocycles. The van der Waals surface area contributed by atoms with Crippen molar-refractivity contribution < 1.29 is 4.79 Å². The van der Waals surface area contributed by atoms with E-state index in [0.29, 0.717) is 16.6 Å². The average molecular weight is 238 g/mol. The molecule has 1 aliphatic carbocycles. The maximum absolute atomic E-state index is 11.9. The summed E-state index contributed by atoms with van der Waals surface area (Å²) >= 11 is 5.85. The lowest BCUT2D eigenvalue weighted by Gasteiger charge is -2.12. The normalized spacial score (nSPS) is 24.4. The van der Waals surface area contributed by atoms with Gasteiger partial charge < -0.3 is 5.32 Å². The number of benzene rings is 1. The Kier molecular flexibility index (Phi) is 3.49. The van der Waals surface area contributed by atoms with Crippen molar-refractivity contribution in [1.29, 1.82) is 0 Å². The minimum Gasteiger partial charge on any atom is -0.349 e. The van der Waals surface area contributed by atoms with E-state index in [0.717, 1.165) is 18.8 Å². The van der Waals surface area contributed by atoms with E-state index in [1.807, 2.05) is 0 Å². The molecule has 1 aliphatic rings. The van der Waals surface area contributed by atoms with Crippen LogP contribution in [0.5, 0.6) is 0 Å². The zero-order chi connectivity index (χ0) is 11.5. The fourth-order valence-electron chi connectivity index (χ4n) is 2.24. The summed E-state index contributed by atoms with van der Waals surface area (Å²) in [5, 5.41) is 3.66. The Morgan fingerprint density at radius 3 is 2.88 bits per heavy atom. The third-order valence-electron chi connectivity index (χ3n) is 3.12. The molecule has 1 amide bonds. The second kappa shape index (κ2) is 4.88. The van der Waals surface area contributed by atoms with Crippen LogP contribution in [0.2, 0.25) is 5.02 Å². The van der Waals surface area contributed by atoms with Crippen molar-refractivity contribution in [3.8, 4) is 0 Å². The Hall–Kier alpha value is -1.02. The molecule has 0 saturated heterocycles. The van der Waals surface area contributed by atoms with Crippen molar-refractivity contribution in [2.45, 2.75) is 32.2 Å². The molecule has 86 valence electrons. The first-order valence-corrected chi connectivity index (χ1v) is 6.09. The molecule has 2 unspecified atom stereocenters. The van der Waals surface area contributed by atoms with E-state index in [1.165, 1.54) is 6.42 Å². The van der Waals surface area contributed by atoms with Gasteiger partial charge in [0.1, 0.15) is 0 Å². The molecule has 3 heteroatoms. The summed E-state index contributed by atoms with van der Waals surface area (Å²) < 4.78 is 0. The molecule has 0 spiro atoms. The summed E-state index contributed by atoms with van der Waals surface area (Å²) in [4.78, 5) is 11.9. The molecule has 0 radical (unpaired) electrons. The fraction of sp³-hybridized carbons (Fsp3) is 0.462. The third kappa shape index (κ3) is 2.76. The monoisotopic (exact) mass is 237 g/mol. The summed E-state index contributed by atoms with van der Waals surface area (Å²) in [6.45, 7) is 2.23. The van der Waals surface area contributed by atoms with Crippen LogP contribution in [0.15, 0.2) is 24.3 Å². The van der Waals surface area contributed by atoms with Gasteiger partial charge in [-0.2, -0.15) is 0 Å². The Balaban J connectivity index is 1.98. The second-order valence-electron chi connectivity index (χ2n) is 4.60. The SMILES string of the molecule is CC1CCC(NC(=O)c2cccc(Cl)c2)C1. The van der Waals surface area contributed by atoms with E-state index in [4.69, 9.17) is 11.6 Å². The van der Waals surface area contributed by atoms with Crippen molar-refractivity contribution in [2.24, 2.45) is 5.92 Å². The van der Waals surface area contributed by atoms with Crippen LogP contribution in [0.3, 0.4) is 0 Å². The first-order chi connectivity index (χ1) is 7.65. The van der Waals surface area contributed by atoms with Crippen LogP contribution in [-0.2, 0) is 0 Å². The zero-order valence-corrected chi connectivity index (χ0v) is 10.1. The number of nitrogens with one attached hydrogen (secondary N) is 1. The van der Waals surface area contributed by atoms with E-state index in [-0.39, 0.29) is 5.91 Å². The lowest BCUT2D eigenvalue weighted by atomic mass is 10.1. The molecule has 0 bridgehead atoms. The van der Waals surface area contributed by atoms with Crippen molar-refractivity contribution in [1.82, 2.24) is 5.32 Å². The van der Waals surface area contributed by atoms with Crippen molar-refractivity contribution in [3.63, 3.8) is 0 Å². The first kappa shape index (κ1) is 11.5. The molecule has 0 heterocycles. The number of hydrogen-bond donors (Lipinski definition) is 1. The summed E-state index contributed by atoms with van der Waals surface area (Å²) in [5.74, 6) is 0.714. The highest BCUT2D eigenvalue weighted by Crippen LogP contribution is 2.24. The van der Waals surface area contributed by atoms with Gasteiger partial charge in [-0.25, -0.2) is 0 Å². The second-order valence-corrected chi connectivity index (χ2v) is 5.04. The minimum atomic E-state index is -0.0124. The summed E-state index contributed by atoms with van der Waals surface area (Å²) in [7, 11) is 0. The van der Waals surface area contributed by atoms with Crippen molar-refractivity contribution in [2.75, 3.05) is 0 Å². The van der Waals surface area contributed by atoms with Crippen molar-refractivity contribution >= 4 is 17.5 Å². The fourth-order valence-corrected chi connectivity index (χ4v) is 2.43. The molecule has 1 fully saturated rings. The van der Waals surface area contributed by atoms with Crippen LogP contribution >= 0.6 is 11.6 Å². The molecule has 2 nitrogen and oxygen atoms in total. The maximum Gasteiger partial charge on any atom is 0.251 e. The van der Waals surface area contributed by atoms with Crippen LogP contribution in [0, 0.1) is 5.92 Å². The Morgan fingerprint density at radius 2 is 2.25 bits per heavy atom. The molecule has 16 heavy (non-hydrogen) atoms. The quantitative estimate of drug-likeness (QED) is 0.841. The smallest absolute Gasteiger partial charge is 0.251 e. The van der Waals surface area contributed by atoms with E-state index >= 15 is 0 Å². The van der Waals surface area contributed by atoms with Gasteiger partial charge in [-0.05, 0) is 43.4 Å². The van der Waals surface area contributed by atoms with E-state index in [2.05, 4.69) is 12.2 Å². The molecule has 1 N–H and O–H groups in total. The van der Waals surface area contributed by atoms with Crippen LogP contribution in [0.4, 0.5) is 0 Å². The van der Waals surface area contributed by atoms with Crippen LogP contribution < -0.4 is 5.32 Å². The number of halogens is 1. The molecule has 0 aromatic heterocycles. The van der Waals surface area contributed by atoms with Crippen LogP contribution in [0.1, 0.15) is 36.5 Å². The predicted molar refractivity (Wildman–Crippen MR) is 65.7 cm³/mol. The lowest BCUT2D eigenvalue weighted by molar-refractivity contribution is 0.0937. The Labute approximate surface area is 101 Å². The lowest BCUT2D eigenvalue weighted by Crippen LogP contribution is -2.32. The number of hydrogen-bond acceptors (Lipinski definition) is 1. The summed E-state index contributed by atoms with van der Waals surface area (Å²) in [6, 6.07) is 7.40. The van der Waals surface area contributed by atoms with Crippen LogP contribution in [-0.4, -0.2) is 11.9 Å². The van der Waals surface area contributed by atoms with Crippen molar-refractivity contribution in [3.05, 3.63) is 34.9 Å². The van der Waals surface area contributed by atoms with E-state index < -0.39 is 0 Å². The van der Waals surface area contributed by atoms with Gasteiger partial charge in [0.2, 0.25) is 0 Å². The van der Waals surface area contributed by atoms with Gasteiger partial charge in [0, 0.05) is 16.6 Å². The molecule has 1 saturated carbocycles. The molecular formula is C13H16ClNO. The standard InChI is InChI=1S/C13H16ClNO/c1-9-5-6-12(7-9)15-13(16)10-3-2-4-11(14)8-10/h2-4,8-9,12H,5-7H2,1H3,(H,15,16). The molecule has 0 aliphatic heterocycles. The maximum atomic E-state index is 11.9. The van der Waals surface area contributed by atoms with Gasteiger partial charge in [-0.3, -0.25) is 4.79 Å². The number of carbonyl (C=O) groups excluding carboxylic acids is 1. The Morgan fingerprint density at radius 1 is 1.44 bits per heavy atom. The van der Waals surface area contributed by atoms with Gasteiger partial charge in [0.15, 0.2) is 0 Å². The zero-order valence-electron chi connectivity index (χ0n) is 9.37. The average Bonchev–Trinajstić information content (AvgIpc) is 2.64. The number of rotatable bonds is 2. The van der Waals surface area contributed by atoms with Gasteiger partial charge in [0.05, 0.1) is 0 Å². The highest BCUT2D eigenvalue weighted by atomic mass is 35.5. The third-order valence-corrected chi connectivity index (χ3v) is 3.35. The molecule has 2 atom stereocenters. The molecule has 1 aromatic rings. The predicted octanol–water partition coefficient (Wildman–Crippen LogP) is 3.26. The van der Waals surface area contributed by atoms with E-state index in [1.54, 1.807) is 24.3 Å². The largest absolute Gasteiger partial charge is 0.349 e. The minimum absolute atomic E-state index is 0.0124. The topological polar surface area (TPSA) is 29.1 Å². The molecule has 2 rings (SSSR count). The Bertz CT molecular complexity index is 391. The number of carbonyl (C=O) groups is 1. The summed E-state index contributed by atoms with van der Waals surface area (Å²) in [5.41, 5.74) is 0.645. The number of amides is 1. The van der Waals surface area contributed by atoms with Gasteiger partial charge >= 0.3 is 0 Å². The highest BCUT2D eigenvalue weighted by molar-refractivity contribution is 6.30. The van der Waals surface area contributed by atoms with Gasteiger partial charge in [0.25, 0.3) is 5.91 Å². The van der Waals surface area contributed by atoms with Gasteiger partial charge in [-0.1, -0.05) is 24.6 Å². The van der Waals surface area contributed by atoms with Crippen LogP contribution in [0.25, 0.3) is 0 Å². The van der Waals surface area contributed by atoms with E-state index in [9.17, 15) is 4.79 Å². The molecular weight excluding hydrogens is 222 g/mol.